The fraction of sp³-hybridized carbons (Fsp3) is 0.0833. The highest BCUT2D eigenvalue weighted by Gasteiger charge is 2.22. The zero-order valence-corrected chi connectivity index (χ0v) is 17.4. The molecule has 0 aliphatic carbocycles. The van der Waals surface area contributed by atoms with E-state index in [0.717, 1.165) is 16.6 Å². The summed E-state index contributed by atoms with van der Waals surface area (Å²) in [4.78, 5) is 21.6. The minimum Gasteiger partial charge on any atom is -0.380 e. The number of carbonyl (C=O) groups excluding carboxylic acids is 1. The van der Waals surface area contributed by atoms with Crippen LogP contribution in [0.1, 0.15) is 15.2 Å². The third-order valence-corrected chi connectivity index (χ3v) is 6.27. The van der Waals surface area contributed by atoms with Gasteiger partial charge in [0.2, 0.25) is 0 Å². The van der Waals surface area contributed by atoms with Crippen molar-refractivity contribution in [3.8, 4) is 11.4 Å². The molecule has 7 heteroatoms. The maximum absolute atomic E-state index is 14.5. The number of aromatic nitrogens is 2. The Kier molecular flexibility index (Phi) is 4.97. The van der Waals surface area contributed by atoms with Gasteiger partial charge in [-0.25, -0.2) is 9.37 Å². The summed E-state index contributed by atoms with van der Waals surface area (Å²) in [5, 5.41) is 3.42. The lowest BCUT2D eigenvalue weighted by atomic mass is 10.1. The first kappa shape index (κ1) is 19.4. The van der Waals surface area contributed by atoms with Gasteiger partial charge in [0.25, 0.3) is 5.91 Å². The molecule has 3 aromatic carbocycles. The van der Waals surface area contributed by atoms with Crippen molar-refractivity contribution in [2.75, 3.05) is 12.4 Å². The number of carbonyl (C=O) groups is 1. The van der Waals surface area contributed by atoms with E-state index >= 15 is 0 Å². The van der Waals surface area contributed by atoms with Gasteiger partial charge in [-0.3, -0.25) is 4.79 Å². The number of imidazole rings is 1. The van der Waals surface area contributed by atoms with Crippen LogP contribution in [0.25, 0.3) is 32.5 Å². The van der Waals surface area contributed by atoms with Crippen molar-refractivity contribution < 1.29 is 13.9 Å². The second-order valence-corrected chi connectivity index (χ2v) is 8.11. The van der Waals surface area contributed by atoms with Crippen LogP contribution in [-0.2, 0) is 11.3 Å². The van der Waals surface area contributed by atoms with Crippen LogP contribution < -0.4 is 5.32 Å². The molecule has 0 bridgehead atoms. The zero-order chi connectivity index (χ0) is 21.4. The van der Waals surface area contributed by atoms with E-state index in [2.05, 4.69) is 15.3 Å². The summed E-state index contributed by atoms with van der Waals surface area (Å²) >= 11 is 1.26. The molecule has 0 aliphatic heterocycles. The van der Waals surface area contributed by atoms with Crippen LogP contribution >= 0.6 is 11.3 Å². The number of rotatable bonds is 5. The van der Waals surface area contributed by atoms with E-state index in [1.54, 1.807) is 12.1 Å². The summed E-state index contributed by atoms with van der Waals surface area (Å²) < 4.78 is 20.4. The quantitative estimate of drug-likeness (QED) is 0.360. The summed E-state index contributed by atoms with van der Waals surface area (Å²) in [6.45, 7) is 0.148. The number of hydrogen-bond acceptors (Lipinski definition) is 4. The molecule has 0 spiro atoms. The van der Waals surface area contributed by atoms with Crippen LogP contribution in [0, 0.1) is 5.82 Å². The van der Waals surface area contributed by atoms with Crippen molar-refractivity contribution in [1.82, 2.24) is 9.97 Å². The molecule has 2 N–H and O–H groups in total. The Hall–Kier alpha value is -3.55. The minimum atomic E-state index is -0.359. The molecule has 31 heavy (non-hydrogen) atoms. The number of H-pyrrole nitrogens is 1. The summed E-state index contributed by atoms with van der Waals surface area (Å²) in [6.07, 6.45) is 0. The van der Waals surface area contributed by atoms with E-state index in [9.17, 15) is 9.18 Å². The van der Waals surface area contributed by atoms with E-state index in [4.69, 9.17) is 4.74 Å². The van der Waals surface area contributed by atoms with Gasteiger partial charge in [-0.15, -0.1) is 11.3 Å². The van der Waals surface area contributed by atoms with Crippen LogP contribution in [0.3, 0.4) is 0 Å². The maximum atomic E-state index is 14.5. The number of benzene rings is 3. The molecular weight excluding hydrogens is 413 g/mol. The Morgan fingerprint density at radius 1 is 1.10 bits per heavy atom. The largest absolute Gasteiger partial charge is 0.380 e. The van der Waals surface area contributed by atoms with Gasteiger partial charge < -0.3 is 15.0 Å². The molecule has 0 aliphatic rings. The standard InChI is InChI=1S/C24H18FN3O2S/c1-30-13-15-21-16(25)8-6-12-20(21)31-22(15)24(29)28-17-9-3-2-7-14(17)23-26-18-10-4-5-11-19(18)27-23/h2-12H,13H2,1H3,(H,26,27)(H,28,29). The molecule has 154 valence electrons. The van der Waals surface area contributed by atoms with Gasteiger partial charge in [0.15, 0.2) is 0 Å². The molecule has 0 saturated carbocycles. The number of fused-ring (bicyclic) bond motifs is 2. The van der Waals surface area contributed by atoms with Crippen molar-refractivity contribution >= 4 is 44.1 Å². The lowest BCUT2D eigenvalue weighted by Gasteiger charge is -2.10. The number of ether oxygens (including phenoxy) is 1. The molecule has 0 unspecified atom stereocenters. The Balaban J connectivity index is 1.55. The van der Waals surface area contributed by atoms with Crippen molar-refractivity contribution in [3.05, 3.63) is 83.0 Å². The van der Waals surface area contributed by atoms with Crippen LogP contribution in [0.15, 0.2) is 66.7 Å². The number of para-hydroxylation sites is 3. The van der Waals surface area contributed by atoms with Crippen LogP contribution in [0.2, 0.25) is 0 Å². The fourth-order valence-corrected chi connectivity index (χ4v) is 4.81. The van der Waals surface area contributed by atoms with E-state index in [-0.39, 0.29) is 18.3 Å². The molecule has 0 atom stereocenters. The number of nitrogens with one attached hydrogen (secondary N) is 2. The predicted octanol–water partition coefficient (Wildman–Crippen LogP) is 5.98. The van der Waals surface area contributed by atoms with Crippen molar-refractivity contribution in [1.29, 1.82) is 0 Å². The van der Waals surface area contributed by atoms with E-state index in [1.807, 2.05) is 48.5 Å². The van der Waals surface area contributed by atoms with Gasteiger partial charge >= 0.3 is 0 Å². The number of thiophene rings is 1. The number of methoxy groups -OCH3 is 1. The second-order valence-electron chi connectivity index (χ2n) is 7.06. The third-order valence-electron chi connectivity index (χ3n) is 5.08. The van der Waals surface area contributed by atoms with E-state index in [1.165, 1.54) is 24.5 Å². The summed E-state index contributed by atoms with van der Waals surface area (Å²) in [6, 6.07) is 20.1. The minimum absolute atomic E-state index is 0.148. The van der Waals surface area contributed by atoms with E-state index < -0.39 is 0 Å². The van der Waals surface area contributed by atoms with Gasteiger partial charge in [-0.2, -0.15) is 0 Å². The first-order valence-electron chi connectivity index (χ1n) is 9.70. The van der Waals surface area contributed by atoms with Crippen LogP contribution in [0.4, 0.5) is 10.1 Å². The molecule has 5 aromatic rings. The Morgan fingerprint density at radius 3 is 2.74 bits per heavy atom. The molecule has 2 aromatic heterocycles. The lowest BCUT2D eigenvalue weighted by Crippen LogP contribution is -2.13. The summed E-state index contributed by atoms with van der Waals surface area (Å²) in [5.74, 6) is -0.00432. The third kappa shape index (κ3) is 3.48. The molecule has 1 amide bonds. The van der Waals surface area contributed by atoms with Crippen LogP contribution in [0.5, 0.6) is 0 Å². The number of hydrogen-bond donors (Lipinski definition) is 2. The Labute approximate surface area is 181 Å². The highest BCUT2D eigenvalue weighted by molar-refractivity contribution is 7.21. The highest BCUT2D eigenvalue weighted by Crippen LogP contribution is 2.35. The number of aromatic amines is 1. The average molecular weight is 431 g/mol. The molecule has 5 rings (SSSR count). The SMILES string of the molecule is COCc1c(C(=O)Nc2ccccc2-c2nc3ccccc3[nH]2)sc2cccc(F)c12. The molecule has 5 nitrogen and oxygen atoms in total. The van der Waals surface area contributed by atoms with Crippen molar-refractivity contribution in [2.24, 2.45) is 0 Å². The monoisotopic (exact) mass is 431 g/mol. The lowest BCUT2D eigenvalue weighted by molar-refractivity contribution is 0.102. The topological polar surface area (TPSA) is 67.0 Å². The molecule has 0 radical (unpaired) electrons. The molecule has 0 saturated heterocycles. The predicted molar refractivity (Wildman–Crippen MR) is 122 cm³/mol. The molecule has 2 heterocycles. The number of halogens is 1. The van der Waals surface area contributed by atoms with Crippen LogP contribution in [-0.4, -0.2) is 23.0 Å². The van der Waals surface area contributed by atoms with Crippen molar-refractivity contribution in [3.63, 3.8) is 0 Å². The Bertz CT molecular complexity index is 1390. The smallest absolute Gasteiger partial charge is 0.266 e. The van der Waals surface area contributed by atoms with Gasteiger partial charge in [0, 0.05) is 28.3 Å². The van der Waals surface area contributed by atoms with Gasteiger partial charge in [-0.05, 0) is 36.4 Å². The van der Waals surface area contributed by atoms with Gasteiger partial charge in [0.1, 0.15) is 11.6 Å². The zero-order valence-electron chi connectivity index (χ0n) is 16.6. The van der Waals surface area contributed by atoms with Crippen molar-refractivity contribution in [2.45, 2.75) is 6.61 Å². The summed E-state index contributed by atoms with van der Waals surface area (Å²) in [5.41, 5.74) is 3.71. The number of nitrogens with zero attached hydrogens (tertiary/aromatic N) is 1. The number of anilines is 1. The first-order chi connectivity index (χ1) is 15.2. The fourth-order valence-electron chi connectivity index (χ4n) is 3.69. The van der Waals surface area contributed by atoms with E-state index in [0.29, 0.717) is 32.0 Å². The average Bonchev–Trinajstić information content (AvgIpc) is 3.37. The molecule has 0 fully saturated rings. The summed E-state index contributed by atoms with van der Waals surface area (Å²) in [7, 11) is 1.53. The highest BCUT2D eigenvalue weighted by atomic mass is 32.1. The molecular formula is C24H18FN3O2S. The van der Waals surface area contributed by atoms with Gasteiger partial charge in [-0.1, -0.05) is 30.3 Å². The normalized spacial score (nSPS) is 11.3. The number of amides is 1. The second kappa shape index (κ2) is 7.94. The van der Waals surface area contributed by atoms with Gasteiger partial charge in [0.05, 0.1) is 28.2 Å². The maximum Gasteiger partial charge on any atom is 0.266 e. The first-order valence-corrected chi connectivity index (χ1v) is 10.5. The Morgan fingerprint density at radius 2 is 1.90 bits per heavy atom.